The van der Waals surface area contributed by atoms with Crippen LogP contribution in [0.5, 0.6) is 0 Å². The van der Waals surface area contributed by atoms with Crippen LogP contribution >= 0.6 is 0 Å². The lowest BCUT2D eigenvalue weighted by Gasteiger charge is -2.18. The third-order valence-corrected chi connectivity index (χ3v) is 14.1. The number of unbranched alkanes of at least 4 members (excludes halogenated alkanes) is 27. The lowest BCUT2D eigenvalue weighted by molar-refractivity contribution is -0.167. The number of hydrogen-bond acceptors (Lipinski definition) is 6. The molecular formula is C75H124O6. The molecule has 0 heterocycles. The Morgan fingerprint density at radius 2 is 0.481 bits per heavy atom. The van der Waals surface area contributed by atoms with Gasteiger partial charge in [-0.1, -0.05) is 296 Å². The topological polar surface area (TPSA) is 78.9 Å². The Morgan fingerprint density at radius 1 is 0.259 bits per heavy atom. The molecule has 0 aliphatic rings. The Balaban J connectivity index is 4.27. The molecule has 0 fully saturated rings. The highest BCUT2D eigenvalue weighted by Crippen LogP contribution is 2.16. The number of rotatable bonds is 60. The average Bonchev–Trinajstić information content (AvgIpc) is 3.46. The summed E-state index contributed by atoms with van der Waals surface area (Å²) < 4.78 is 16.9. The number of allylic oxidation sites excluding steroid dienone is 22. The zero-order chi connectivity index (χ0) is 58.5. The fourth-order valence-electron chi connectivity index (χ4n) is 9.11. The second-order valence-electron chi connectivity index (χ2n) is 22.0. The lowest BCUT2D eigenvalue weighted by Crippen LogP contribution is -2.30. The molecule has 0 bridgehead atoms. The first-order chi connectivity index (χ1) is 40.0. The minimum atomic E-state index is -0.792. The maximum Gasteiger partial charge on any atom is 0.306 e. The highest BCUT2D eigenvalue weighted by molar-refractivity contribution is 5.71. The van der Waals surface area contributed by atoms with Crippen molar-refractivity contribution >= 4 is 17.9 Å². The van der Waals surface area contributed by atoms with Crippen LogP contribution in [0.2, 0.25) is 0 Å². The minimum absolute atomic E-state index is 0.0869. The molecule has 0 aromatic rings. The number of carbonyl (C=O) groups excluding carboxylic acids is 3. The molecule has 81 heavy (non-hydrogen) atoms. The van der Waals surface area contributed by atoms with Gasteiger partial charge in [0.1, 0.15) is 13.2 Å². The Labute approximate surface area is 500 Å². The molecule has 0 aromatic heterocycles. The van der Waals surface area contributed by atoms with Gasteiger partial charge >= 0.3 is 17.9 Å². The van der Waals surface area contributed by atoms with E-state index < -0.39 is 6.10 Å². The van der Waals surface area contributed by atoms with Crippen LogP contribution < -0.4 is 0 Å². The molecule has 0 spiro atoms. The highest BCUT2D eigenvalue weighted by atomic mass is 16.6. The summed E-state index contributed by atoms with van der Waals surface area (Å²) in [5, 5.41) is 0. The molecule has 6 nitrogen and oxygen atoms in total. The van der Waals surface area contributed by atoms with Gasteiger partial charge in [0.2, 0.25) is 0 Å². The van der Waals surface area contributed by atoms with E-state index in [9.17, 15) is 14.4 Å². The molecule has 0 rings (SSSR count). The second-order valence-corrected chi connectivity index (χ2v) is 22.0. The van der Waals surface area contributed by atoms with E-state index in [0.29, 0.717) is 19.3 Å². The third-order valence-electron chi connectivity index (χ3n) is 14.1. The Kier molecular flexibility index (Phi) is 64.3. The third kappa shape index (κ3) is 66.2. The van der Waals surface area contributed by atoms with E-state index in [2.05, 4.69) is 154 Å². The van der Waals surface area contributed by atoms with Crippen molar-refractivity contribution in [2.75, 3.05) is 13.2 Å². The Morgan fingerprint density at radius 3 is 0.778 bits per heavy atom. The summed E-state index contributed by atoms with van der Waals surface area (Å²) in [6.07, 6.45) is 96.1. The number of hydrogen-bond donors (Lipinski definition) is 0. The van der Waals surface area contributed by atoms with E-state index >= 15 is 0 Å². The van der Waals surface area contributed by atoms with Crippen LogP contribution in [0.4, 0.5) is 0 Å². The van der Waals surface area contributed by atoms with Crippen LogP contribution in [0.3, 0.4) is 0 Å². The average molecular weight is 1120 g/mol. The molecule has 0 aliphatic heterocycles. The van der Waals surface area contributed by atoms with Gasteiger partial charge in [-0.3, -0.25) is 14.4 Å². The lowest BCUT2D eigenvalue weighted by atomic mass is 10.0. The zero-order valence-electron chi connectivity index (χ0n) is 52.8. The van der Waals surface area contributed by atoms with Crippen LogP contribution in [0.1, 0.15) is 303 Å². The summed E-state index contributed by atoms with van der Waals surface area (Å²) in [5.74, 6) is -0.907. The van der Waals surface area contributed by atoms with Crippen molar-refractivity contribution < 1.29 is 28.6 Å². The normalized spacial score (nSPS) is 13.0. The van der Waals surface area contributed by atoms with Crippen LogP contribution in [-0.2, 0) is 28.6 Å². The van der Waals surface area contributed by atoms with Gasteiger partial charge in [-0.15, -0.1) is 0 Å². The molecule has 1 atom stereocenters. The Hall–Kier alpha value is -4.45. The molecule has 0 aliphatic carbocycles. The molecule has 0 aromatic carbocycles. The van der Waals surface area contributed by atoms with E-state index in [-0.39, 0.29) is 31.1 Å². The summed E-state index contributed by atoms with van der Waals surface area (Å²) in [7, 11) is 0. The molecule has 0 amide bonds. The van der Waals surface area contributed by atoms with Crippen LogP contribution in [-0.4, -0.2) is 37.2 Å². The predicted octanol–water partition coefficient (Wildman–Crippen LogP) is 23.3. The van der Waals surface area contributed by atoms with Gasteiger partial charge < -0.3 is 14.2 Å². The summed E-state index contributed by atoms with van der Waals surface area (Å²) in [6, 6.07) is 0. The van der Waals surface area contributed by atoms with E-state index in [1.807, 2.05) is 0 Å². The largest absolute Gasteiger partial charge is 0.462 e. The smallest absolute Gasteiger partial charge is 0.306 e. The SMILES string of the molecule is CC/C=C\C/C=C\C/C=C\C/C=C\C/C=C\C/C=C\C/C=C\C/C=C\C/C=C\CCCCCCCCCC(=O)OCC(COC(=O)CCCCCCCCCCCCCCC)OC(=O)CCCCCCC/C=C\C/C=C\CCCCC. The quantitative estimate of drug-likeness (QED) is 0.0261. The standard InChI is InChI=1S/C75H124O6/c1-4-7-10-13-16-19-22-25-27-28-29-30-31-32-33-34-35-36-37-38-39-40-41-42-43-44-45-46-48-50-53-56-59-62-65-68-74(77)80-71-72(70-79-73(76)67-64-61-58-55-52-49-24-21-18-15-12-9-6-3)81-75(78)69-66-63-60-57-54-51-47-26-23-20-17-14-11-8-5-2/h7,10,16-17,19-20,25-27,29-30,32-33,35-36,38-39,41-42,44-45,47,72H,4-6,8-9,11-15,18,21-24,28,31,34,37,40,43,46,48-71H2,1-3H3/b10-7-,19-16-,20-17-,27-25-,30-29-,33-32-,36-35-,39-38-,42-41-,45-44-,47-26-. The second kappa shape index (κ2) is 68.1. The Bertz CT molecular complexity index is 1720. The maximum atomic E-state index is 12.9. The van der Waals surface area contributed by atoms with Gasteiger partial charge in [-0.05, 0) is 122 Å². The van der Waals surface area contributed by atoms with Crippen LogP contribution in [0.25, 0.3) is 0 Å². The fraction of sp³-hybridized carbons (Fsp3) is 0.667. The molecule has 6 heteroatoms. The van der Waals surface area contributed by atoms with E-state index in [1.54, 1.807) is 0 Å². The maximum absolute atomic E-state index is 12.9. The first kappa shape index (κ1) is 76.5. The first-order valence-corrected chi connectivity index (χ1v) is 33.7. The molecule has 460 valence electrons. The fourth-order valence-corrected chi connectivity index (χ4v) is 9.11. The monoisotopic (exact) mass is 1120 g/mol. The van der Waals surface area contributed by atoms with Crippen molar-refractivity contribution in [2.24, 2.45) is 0 Å². The van der Waals surface area contributed by atoms with Crippen LogP contribution in [0.15, 0.2) is 134 Å². The predicted molar refractivity (Wildman–Crippen MR) is 353 cm³/mol. The van der Waals surface area contributed by atoms with Crippen molar-refractivity contribution in [1.29, 1.82) is 0 Å². The summed E-state index contributed by atoms with van der Waals surface area (Å²) in [4.78, 5) is 38.3. The van der Waals surface area contributed by atoms with Crippen molar-refractivity contribution in [3.8, 4) is 0 Å². The number of carbonyl (C=O) groups is 3. The number of esters is 3. The highest BCUT2D eigenvalue weighted by Gasteiger charge is 2.19. The van der Waals surface area contributed by atoms with E-state index in [4.69, 9.17) is 14.2 Å². The van der Waals surface area contributed by atoms with Crippen molar-refractivity contribution in [3.05, 3.63) is 134 Å². The summed E-state index contributed by atoms with van der Waals surface area (Å²) >= 11 is 0. The van der Waals surface area contributed by atoms with E-state index in [0.717, 1.165) is 148 Å². The first-order valence-electron chi connectivity index (χ1n) is 33.7. The minimum Gasteiger partial charge on any atom is -0.462 e. The summed E-state index contributed by atoms with van der Waals surface area (Å²) in [6.45, 7) is 6.49. The van der Waals surface area contributed by atoms with Gasteiger partial charge in [-0.25, -0.2) is 0 Å². The van der Waals surface area contributed by atoms with Gasteiger partial charge in [0.25, 0.3) is 0 Å². The van der Waals surface area contributed by atoms with E-state index in [1.165, 1.54) is 116 Å². The molecule has 0 saturated carbocycles. The number of ether oxygens (including phenoxy) is 3. The van der Waals surface area contributed by atoms with Crippen molar-refractivity contribution in [1.82, 2.24) is 0 Å². The molecule has 0 radical (unpaired) electrons. The van der Waals surface area contributed by atoms with Crippen molar-refractivity contribution in [3.63, 3.8) is 0 Å². The molecular weight excluding hydrogens is 997 g/mol. The van der Waals surface area contributed by atoms with Crippen LogP contribution in [0, 0.1) is 0 Å². The van der Waals surface area contributed by atoms with Crippen molar-refractivity contribution in [2.45, 2.75) is 309 Å². The van der Waals surface area contributed by atoms with Gasteiger partial charge in [0, 0.05) is 19.3 Å². The summed E-state index contributed by atoms with van der Waals surface area (Å²) in [5.41, 5.74) is 0. The molecule has 0 saturated heterocycles. The molecule has 0 N–H and O–H groups in total. The molecule has 1 unspecified atom stereocenters. The zero-order valence-corrected chi connectivity index (χ0v) is 52.8. The van der Waals surface area contributed by atoms with Gasteiger partial charge in [0.05, 0.1) is 0 Å². The van der Waals surface area contributed by atoms with Gasteiger partial charge in [-0.2, -0.15) is 0 Å². The van der Waals surface area contributed by atoms with Gasteiger partial charge in [0.15, 0.2) is 6.10 Å².